The number of esters is 2. The topological polar surface area (TPSA) is 90.9 Å². The zero-order chi connectivity index (χ0) is 25.9. The van der Waals surface area contributed by atoms with Crippen LogP contribution in [-0.2, 0) is 34.8 Å². The van der Waals surface area contributed by atoms with Gasteiger partial charge in [0, 0.05) is 29.5 Å². The van der Waals surface area contributed by atoms with Gasteiger partial charge in [0.2, 0.25) is 0 Å². The third kappa shape index (κ3) is 5.42. The van der Waals surface area contributed by atoms with Crippen LogP contribution < -0.4 is 5.32 Å². The van der Waals surface area contributed by atoms with Crippen LogP contribution in [0.2, 0.25) is 0 Å². The summed E-state index contributed by atoms with van der Waals surface area (Å²) < 4.78 is 54.9. The first-order chi connectivity index (χ1) is 16.5. The fraction of sp³-hybridized carbons (Fsp3) is 0.480. The number of allylic oxidation sites excluding steroid dienone is 3. The molecule has 35 heavy (non-hydrogen) atoms. The van der Waals surface area contributed by atoms with Crippen molar-refractivity contribution < 1.29 is 41.8 Å². The van der Waals surface area contributed by atoms with Gasteiger partial charge in [-0.2, -0.15) is 13.2 Å². The first-order valence-electron chi connectivity index (χ1n) is 11.3. The second kappa shape index (κ2) is 10.6. The highest BCUT2D eigenvalue weighted by Crippen LogP contribution is 2.45. The number of methoxy groups -OCH3 is 1. The zero-order valence-electron chi connectivity index (χ0n) is 20.0. The van der Waals surface area contributed by atoms with Gasteiger partial charge in [0.1, 0.15) is 12.5 Å². The van der Waals surface area contributed by atoms with Gasteiger partial charge in [-0.3, -0.25) is 9.59 Å². The molecule has 2 aliphatic rings. The van der Waals surface area contributed by atoms with Gasteiger partial charge in [-0.25, -0.2) is 4.79 Å². The monoisotopic (exact) mass is 495 g/mol. The Hall–Kier alpha value is -3.14. The van der Waals surface area contributed by atoms with Gasteiger partial charge in [0.15, 0.2) is 5.78 Å². The molecule has 0 radical (unpaired) electrons. The molecular weight excluding hydrogens is 467 g/mol. The highest BCUT2D eigenvalue weighted by Gasteiger charge is 2.47. The smallest absolute Gasteiger partial charge is 0.416 e. The predicted octanol–water partition coefficient (Wildman–Crippen LogP) is 3.90. The van der Waals surface area contributed by atoms with Crippen molar-refractivity contribution in [3.63, 3.8) is 0 Å². The third-order valence-electron chi connectivity index (χ3n) is 6.20. The molecule has 1 aromatic carbocycles. The van der Waals surface area contributed by atoms with E-state index in [1.807, 2.05) is 0 Å². The van der Waals surface area contributed by atoms with E-state index >= 15 is 0 Å². The molecule has 3 atom stereocenters. The third-order valence-corrected chi connectivity index (χ3v) is 6.20. The lowest BCUT2D eigenvalue weighted by atomic mass is 9.69. The van der Waals surface area contributed by atoms with E-state index < -0.39 is 41.3 Å². The van der Waals surface area contributed by atoms with E-state index in [-0.39, 0.29) is 30.3 Å². The minimum Gasteiger partial charge on any atom is -0.468 e. The Morgan fingerprint density at radius 3 is 2.37 bits per heavy atom. The van der Waals surface area contributed by atoms with E-state index in [4.69, 9.17) is 14.2 Å². The van der Waals surface area contributed by atoms with Gasteiger partial charge in [0.05, 0.1) is 24.9 Å². The number of ketones is 1. The van der Waals surface area contributed by atoms with E-state index in [0.29, 0.717) is 30.0 Å². The summed E-state index contributed by atoms with van der Waals surface area (Å²) in [4.78, 5) is 39.1. The number of Topliss-reactive ketones (excluding diaryl/α,β-unsaturated/α-hetero) is 1. The molecule has 1 aliphatic heterocycles. The lowest BCUT2D eigenvalue weighted by molar-refractivity contribution is -0.151. The van der Waals surface area contributed by atoms with Crippen molar-refractivity contribution in [3.05, 3.63) is 57.9 Å². The molecule has 0 unspecified atom stereocenters. The number of carbonyl (C=O) groups excluding carboxylic acids is 3. The molecule has 190 valence electrons. The Balaban J connectivity index is 2.09. The van der Waals surface area contributed by atoms with Crippen molar-refractivity contribution in [3.8, 4) is 0 Å². The number of hydrogen-bond donors (Lipinski definition) is 1. The summed E-state index contributed by atoms with van der Waals surface area (Å²) in [7, 11) is 1.18. The van der Waals surface area contributed by atoms with Gasteiger partial charge in [-0.15, -0.1) is 0 Å². The molecule has 3 rings (SSSR count). The van der Waals surface area contributed by atoms with Crippen LogP contribution in [0.25, 0.3) is 0 Å². The van der Waals surface area contributed by atoms with Crippen LogP contribution in [0.1, 0.15) is 44.2 Å². The second-order valence-corrected chi connectivity index (χ2v) is 8.49. The normalized spacial score (nSPS) is 22.5. The lowest BCUT2D eigenvalue weighted by Crippen LogP contribution is -2.43. The number of alkyl halides is 3. The summed E-state index contributed by atoms with van der Waals surface area (Å²) in [6.07, 6.45) is -4.22. The fourth-order valence-corrected chi connectivity index (χ4v) is 4.56. The van der Waals surface area contributed by atoms with Crippen molar-refractivity contribution in [2.75, 3.05) is 26.9 Å². The number of carbonyl (C=O) groups is 3. The maximum absolute atomic E-state index is 13.6. The first kappa shape index (κ1) is 26.5. The van der Waals surface area contributed by atoms with Crippen molar-refractivity contribution in [2.45, 2.75) is 39.3 Å². The minimum absolute atomic E-state index is 0.0368. The van der Waals surface area contributed by atoms with Gasteiger partial charge in [-0.05, 0) is 43.9 Å². The number of rotatable bonds is 7. The Morgan fingerprint density at radius 2 is 1.80 bits per heavy atom. The Bertz CT molecular complexity index is 1060. The molecule has 0 saturated carbocycles. The molecule has 7 nitrogen and oxygen atoms in total. The van der Waals surface area contributed by atoms with E-state index in [0.717, 1.165) is 12.1 Å². The first-order valence-corrected chi connectivity index (χ1v) is 11.3. The van der Waals surface area contributed by atoms with Gasteiger partial charge in [0.25, 0.3) is 0 Å². The van der Waals surface area contributed by atoms with E-state index in [1.165, 1.54) is 19.2 Å². The number of nitrogens with one attached hydrogen (secondary N) is 1. The zero-order valence-corrected chi connectivity index (χ0v) is 20.0. The number of halogens is 3. The number of ether oxygens (including phenoxy) is 3. The Kier molecular flexibility index (Phi) is 8.04. The quantitative estimate of drug-likeness (QED) is 0.349. The van der Waals surface area contributed by atoms with E-state index in [1.54, 1.807) is 20.8 Å². The highest BCUT2D eigenvalue weighted by molar-refractivity contribution is 6.12. The van der Waals surface area contributed by atoms with E-state index in [2.05, 4.69) is 5.32 Å². The summed E-state index contributed by atoms with van der Waals surface area (Å²) in [5.41, 5.74) is 0.631. The van der Waals surface area contributed by atoms with Gasteiger partial charge < -0.3 is 19.5 Å². The summed E-state index contributed by atoms with van der Waals surface area (Å²) in [6, 6.07) is 4.28. The van der Waals surface area contributed by atoms with Crippen LogP contribution in [0.15, 0.2) is 46.8 Å². The Labute approximate surface area is 201 Å². The number of dihydropyridines is 1. The molecule has 1 aliphatic carbocycles. The molecule has 0 aromatic heterocycles. The summed E-state index contributed by atoms with van der Waals surface area (Å²) in [5.74, 6) is -4.44. The molecule has 1 heterocycles. The van der Waals surface area contributed by atoms with Crippen LogP contribution in [0.4, 0.5) is 13.2 Å². The largest absolute Gasteiger partial charge is 0.468 e. The highest BCUT2D eigenvalue weighted by atomic mass is 19.4. The molecule has 0 bridgehead atoms. The lowest BCUT2D eigenvalue weighted by Gasteiger charge is -2.38. The minimum atomic E-state index is -4.55. The van der Waals surface area contributed by atoms with Crippen LogP contribution in [-0.4, -0.2) is 44.7 Å². The summed E-state index contributed by atoms with van der Waals surface area (Å²) in [5, 5.41) is 3.10. The van der Waals surface area contributed by atoms with Crippen LogP contribution in [0.3, 0.4) is 0 Å². The summed E-state index contributed by atoms with van der Waals surface area (Å²) >= 11 is 0. The van der Waals surface area contributed by atoms with E-state index in [9.17, 15) is 27.6 Å². The number of hydrogen-bond acceptors (Lipinski definition) is 7. The van der Waals surface area contributed by atoms with Crippen molar-refractivity contribution in [1.29, 1.82) is 0 Å². The van der Waals surface area contributed by atoms with Crippen molar-refractivity contribution >= 4 is 17.7 Å². The molecule has 0 amide bonds. The summed E-state index contributed by atoms with van der Waals surface area (Å²) in [6.45, 7) is 5.75. The van der Waals surface area contributed by atoms with Crippen LogP contribution in [0.5, 0.6) is 0 Å². The molecular formula is C25H28F3NO6. The average molecular weight is 495 g/mol. The standard InChI is InChI=1S/C25H28F3NO6/c1-5-34-10-11-35-24(32)19-14(3)29-17-12-13(2)18(23(31)33-4)22(30)21(17)20(19)15-6-8-16(9-7-15)25(26,27)28/h6-9,13,18,20,29H,5,10-12H2,1-4H3/t13-,18+,20+/m1/s1. The molecule has 0 spiro atoms. The van der Waals surface area contributed by atoms with Crippen LogP contribution in [0, 0.1) is 11.8 Å². The second-order valence-electron chi connectivity index (χ2n) is 8.49. The Morgan fingerprint density at radius 1 is 1.14 bits per heavy atom. The molecule has 0 saturated heterocycles. The molecule has 0 fully saturated rings. The van der Waals surface area contributed by atoms with Gasteiger partial charge >= 0.3 is 18.1 Å². The maximum Gasteiger partial charge on any atom is 0.416 e. The molecule has 1 aromatic rings. The van der Waals surface area contributed by atoms with Crippen molar-refractivity contribution in [1.82, 2.24) is 5.32 Å². The molecule has 10 heteroatoms. The van der Waals surface area contributed by atoms with Gasteiger partial charge in [-0.1, -0.05) is 19.1 Å². The maximum atomic E-state index is 13.6. The average Bonchev–Trinajstić information content (AvgIpc) is 2.80. The predicted molar refractivity (Wildman–Crippen MR) is 119 cm³/mol. The number of benzene rings is 1. The van der Waals surface area contributed by atoms with Crippen LogP contribution >= 0.6 is 0 Å². The van der Waals surface area contributed by atoms with Crippen molar-refractivity contribution in [2.24, 2.45) is 11.8 Å². The molecule has 1 N–H and O–H groups in total. The SMILES string of the molecule is CCOCCOC(=O)C1=C(C)NC2=C(C(=O)[C@@H](C(=O)OC)[C@H](C)C2)[C@H]1c1ccc(C(F)(F)F)cc1. The fourth-order valence-electron chi connectivity index (χ4n) is 4.56.